The van der Waals surface area contributed by atoms with Crippen molar-refractivity contribution in [2.75, 3.05) is 107 Å². The van der Waals surface area contributed by atoms with Crippen LogP contribution in [0.5, 0.6) is 0 Å². The fourth-order valence-electron chi connectivity index (χ4n) is 0. The van der Waals surface area contributed by atoms with Crippen molar-refractivity contribution in [3.63, 3.8) is 0 Å². The van der Waals surface area contributed by atoms with E-state index in [-0.39, 0.29) is 37.1 Å². The van der Waals surface area contributed by atoms with Crippen molar-refractivity contribution in [3.8, 4) is 0 Å². The second-order valence-electron chi connectivity index (χ2n) is 2.03. The Kier molecular flexibility index (Phi) is 1330. The predicted octanol–water partition coefficient (Wildman–Crippen LogP) is 13.4. The maximum Gasteiger partial charge on any atom is 0.0139 e. The zero-order valence-corrected chi connectivity index (χ0v) is 40.5. The zero-order valence-electron chi connectivity index (χ0n) is 30.1. The number of nitrogens with zero attached hydrogens (tertiary/aromatic N) is 21. The number of azide groups is 7. The van der Waals surface area contributed by atoms with Gasteiger partial charge in [-0.1, -0.05) is 49.1 Å². The largest absolute Gasteiger partial charge is 0.141 e. The fourth-order valence-corrected chi connectivity index (χ4v) is 0. The van der Waals surface area contributed by atoms with Gasteiger partial charge >= 0.3 is 0 Å². The van der Waals surface area contributed by atoms with Crippen LogP contribution < -0.4 is 0 Å². The summed E-state index contributed by atoms with van der Waals surface area (Å²) < 4.78 is 0. The van der Waals surface area contributed by atoms with Gasteiger partial charge in [-0.2, -0.15) is 0 Å². The molecule has 0 rings (SSSR count). The molecule has 21 nitrogen and oxygen atoms in total. The van der Waals surface area contributed by atoms with Crippen molar-refractivity contribution in [2.24, 2.45) is 35.8 Å². The topological polar surface area (TPSA) is 341 Å². The van der Waals surface area contributed by atoms with Crippen LogP contribution in [0.1, 0.15) is 0 Å². The number of halogens is 7. The minimum Gasteiger partial charge on any atom is -0.141 e. The molecule has 0 spiro atoms. The minimum absolute atomic E-state index is 0. The third-order valence-electron chi connectivity index (χ3n) is 0.626. The second kappa shape index (κ2) is 540. The van der Waals surface area contributed by atoms with Gasteiger partial charge in [0.1, 0.15) is 0 Å². The van der Waals surface area contributed by atoms with E-state index >= 15 is 0 Å². The Hall–Kier alpha value is -0.771. The Morgan fingerprint density at radius 1 is 0.271 bits per heavy atom. The Bertz CT molecular complexity index is 511. The molecule has 0 saturated heterocycles. The second-order valence-corrected chi connectivity index (χ2v) is 2.03. The first-order chi connectivity index (χ1) is 22.4. The quantitative estimate of drug-likeness (QED) is 0.0719. The molecule has 0 heterocycles. The Morgan fingerprint density at radius 3 is 0.292 bits per heavy atom. The van der Waals surface area contributed by atoms with Crippen molar-refractivity contribution < 1.29 is 37.1 Å². The van der Waals surface area contributed by atoms with E-state index in [1.807, 2.05) is 13.3 Å². The van der Waals surface area contributed by atoms with E-state index < -0.39 is 0 Å². The molecule has 290 valence electrons. The van der Waals surface area contributed by atoms with Crippen LogP contribution in [0, 0.1) is 0 Å². The summed E-state index contributed by atoms with van der Waals surface area (Å²) in [5, 5.41) is 20.4. The summed E-state index contributed by atoms with van der Waals surface area (Å²) in [5.41, 5.74) is 51.3. The van der Waals surface area contributed by atoms with Crippen molar-refractivity contribution in [1.82, 2.24) is 0 Å². The van der Waals surface area contributed by atoms with Gasteiger partial charge < -0.3 is 0 Å². The van der Waals surface area contributed by atoms with Crippen LogP contribution in [0.2, 0.25) is 0 Å². The third kappa shape index (κ3) is 2280. The molecular formula is C16H52Cl7N21P2V2. The molecule has 0 aliphatic rings. The van der Waals surface area contributed by atoms with Gasteiger partial charge in [0.25, 0.3) is 0 Å². The van der Waals surface area contributed by atoms with Crippen LogP contribution in [0.3, 0.4) is 0 Å². The summed E-state index contributed by atoms with van der Waals surface area (Å²) in [4.78, 5) is 16.5. The van der Waals surface area contributed by atoms with Gasteiger partial charge in [-0.15, -0.1) is 99.7 Å². The van der Waals surface area contributed by atoms with Gasteiger partial charge in [0.2, 0.25) is 0 Å². The van der Waals surface area contributed by atoms with E-state index in [9.17, 15) is 0 Å². The first-order valence-electron chi connectivity index (χ1n) is 9.73. The van der Waals surface area contributed by atoms with Gasteiger partial charge in [0.05, 0.1) is 0 Å². The van der Waals surface area contributed by atoms with Crippen LogP contribution in [0.25, 0.3) is 73.1 Å². The van der Waals surface area contributed by atoms with Crippen molar-refractivity contribution in [3.05, 3.63) is 73.1 Å². The molecule has 0 aromatic rings. The molecule has 0 bridgehead atoms. The van der Waals surface area contributed by atoms with Crippen LogP contribution in [-0.4, -0.2) is 107 Å². The number of rotatable bonds is 0. The molecule has 48 heavy (non-hydrogen) atoms. The summed E-state index contributed by atoms with van der Waals surface area (Å²) in [7, 11) is 14.6. The maximum atomic E-state index is 7.33. The Labute approximate surface area is 350 Å². The van der Waals surface area contributed by atoms with Crippen LogP contribution in [-0.2, 0) is 37.1 Å². The molecule has 2 unspecified atom stereocenters. The summed E-state index contributed by atoms with van der Waals surface area (Å²) in [6, 6.07) is 0. The SMILES string of the molecule is CCl.CCl.CCl.CCl.CCl.CCl.CCl.CN=[N+]=[N-].CN=[N+]=[N-].CN=[N+]=[N-].CN=[N+]=[N-].CN=[N+]=[N-].CN=[N+]=[N-].CN=[N+]=[N-].CP.CP.[V].[V]. The van der Waals surface area contributed by atoms with E-state index in [2.05, 4.69) is 170 Å². The predicted molar refractivity (Wildman–Crippen MR) is 219 cm³/mol. The van der Waals surface area contributed by atoms with E-state index in [0.29, 0.717) is 0 Å². The number of alkyl halides is 7. The summed E-state index contributed by atoms with van der Waals surface area (Å²) in [6.45, 7) is 3.83. The van der Waals surface area contributed by atoms with Gasteiger partial charge in [-0.25, -0.2) is 0 Å². The Morgan fingerprint density at radius 2 is 0.292 bits per heavy atom. The van der Waals surface area contributed by atoms with Crippen LogP contribution >= 0.6 is 99.7 Å². The molecular weight excluding hydrogens is 898 g/mol. The molecule has 0 aliphatic carbocycles. The van der Waals surface area contributed by atoms with E-state index in [1.165, 1.54) is 94.0 Å². The normalized spacial score (nSPS) is 3.60. The van der Waals surface area contributed by atoms with Crippen LogP contribution in [0.4, 0.5) is 0 Å². The summed E-state index contributed by atoms with van der Waals surface area (Å²) in [5.74, 6) is 0. The molecule has 0 aliphatic heterocycles. The molecule has 0 amide bonds. The summed E-state index contributed by atoms with van der Waals surface area (Å²) >= 11 is 32.5. The average Bonchev–Trinajstić information content (AvgIpc) is 3.22. The standard InChI is InChI=1S/7CH3Cl.7CH3N3.2CH5P.2V/c7*1-2;7*1-3-4-2;2*1-2;;/h7*1H3;7*1H3;2*2H2,1H3;;. The molecule has 0 aromatic heterocycles. The van der Waals surface area contributed by atoms with Gasteiger partial charge in [-0.3, -0.25) is 0 Å². The van der Waals surface area contributed by atoms with E-state index in [4.69, 9.17) is 38.7 Å². The maximum absolute atomic E-state index is 7.33. The molecule has 0 saturated carbocycles. The van der Waals surface area contributed by atoms with Gasteiger partial charge in [0.15, 0.2) is 0 Å². The monoisotopic (exact) mass is 947 g/mol. The first kappa shape index (κ1) is 118. The fraction of sp³-hybridized carbons (Fsp3) is 1.00. The minimum atomic E-state index is 0. The molecule has 32 heteroatoms. The average molecular weight is 951 g/mol. The molecule has 0 N–H and O–H groups in total. The number of hydrogen-bond donors (Lipinski definition) is 0. The van der Waals surface area contributed by atoms with Gasteiger partial charge in [-0.05, 0) is 38.7 Å². The molecule has 0 aromatic carbocycles. The zero-order chi connectivity index (χ0) is 41.9. The van der Waals surface area contributed by atoms with Crippen LogP contribution in [0.15, 0.2) is 35.8 Å². The van der Waals surface area contributed by atoms with Crippen molar-refractivity contribution >= 4 is 99.7 Å². The third-order valence-corrected chi connectivity index (χ3v) is 0.626. The number of hydrogen-bond acceptors (Lipinski definition) is 7. The summed E-state index contributed by atoms with van der Waals surface area (Å²) in [6.07, 6.45) is 10.3. The van der Waals surface area contributed by atoms with E-state index in [0.717, 1.165) is 0 Å². The molecule has 2 radical (unpaired) electrons. The van der Waals surface area contributed by atoms with Crippen molar-refractivity contribution in [2.45, 2.75) is 0 Å². The smallest absolute Gasteiger partial charge is 0.0139 e. The Balaban J connectivity index is -0.0000000126. The molecule has 2 atom stereocenters. The van der Waals surface area contributed by atoms with Gasteiger partial charge in [0, 0.05) is 166 Å². The van der Waals surface area contributed by atoms with E-state index in [1.54, 1.807) is 0 Å². The first-order valence-corrected chi connectivity index (χ1v) is 17.3. The van der Waals surface area contributed by atoms with Crippen molar-refractivity contribution in [1.29, 1.82) is 0 Å². The molecule has 0 fully saturated rings.